The smallest absolute Gasteiger partial charge is 0.0108 e. The molecule has 0 amide bonds. The van der Waals surface area contributed by atoms with Gasteiger partial charge in [-0.15, -0.1) is 0 Å². The van der Waals surface area contributed by atoms with Gasteiger partial charge in [-0.3, -0.25) is 0 Å². The van der Waals surface area contributed by atoms with Gasteiger partial charge in [0.2, 0.25) is 0 Å². The van der Waals surface area contributed by atoms with Gasteiger partial charge >= 0.3 is 0 Å². The molecule has 1 unspecified atom stereocenters. The molecule has 2 N–H and O–H groups in total. The summed E-state index contributed by atoms with van der Waals surface area (Å²) in [5.41, 5.74) is 10.5. The molecule has 94 valence electrons. The molecule has 0 heterocycles. The van der Waals surface area contributed by atoms with Crippen molar-refractivity contribution < 1.29 is 0 Å². The van der Waals surface area contributed by atoms with Gasteiger partial charge < -0.3 is 5.73 Å². The van der Waals surface area contributed by atoms with E-state index >= 15 is 0 Å². The first-order valence-electron chi connectivity index (χ1n) is 6.98. The zero-order chi connectivity index (χ0) is 12.3. The van der Waals surface area contributed by atoms with Crippen molar-refractivity contribution in [3.05, 3.63) is 34.9 Å². The van der Waals surface area contributed by atoms with Crippen LogP contribution in [0.4, 0.5) is 0 Å². The van der Waals surface area contributed by atoms with Crippen LogP contribution in [0.1, 0.15) is 48.8 Å². The molecule has 0 spiro atoms. The number of hydrogen-bond donors (Lipinski definition) is 1. The summed E-state index contributed by atoms with van der Waals surface area (Å²) in [7, 11) is 0. The molecule has 2 rings (SSSR count). The molecule has 1 atom stereocenters. The van der Waals surface area contributed by atoms with Crippen molar-refractivity contribution in [1.29, 1.82) is 0 Å². The summed E-state index contributed by atoms with van der Waals surface area (Å²) < 4.78 is 0. The second kappa shape index (κ2) is 5.68. The molecule has 1 aliphatic carbocycles. The van der Waals surface area contributed by atoms with Crippen LogP contribution < -0.4 is 5.73 Å². The van der Waals surface area contributed by atoms with E-state index in [2.05, 4.69) is 32.0 Å². The van der Waals surface area contributed by atoms with Crippen LogP contribution in [-0.4, -0.2) is 6.04 Å². The number of hydrogen-bond acceptors (Lipinski definition) is 1. The third-order valence-electron chi connectivity index (χ3n) is 4.30. The number of benzene rings is 1. The summed E-state index contributed by atoms with van der Waals surface area (Å²) in [6.07, 6.45) is 7.90. The number of nitrogens with two attached hydrogens (primary N) is 1. The summed E-state index contributed by atoms with van der Waals surface area (Å²) in [6.45, 7) is 4.35. The summed E-state index contributed by atoms with van der Waals surface area (Å²) in [6, 6.07) is 7.12. The van der Waals surface area contributed by atoms with E-state index in [4.69, 9.17) is 5.73 Å². The van der Waals surface area contributed by atoms with Crippen LogP contribution in [0.2, 0.25) is 0 Å². The van der Waals surface area contributed by atoms with Crippen LogP contribution in [0.5, 0.6) is 0 Å². The number of aryl methyl sites for hydroxylation is 2. The minimum atomic E-state index is 0.359. The van der Waals surface area contributed by atoms with Crippen molar-refractivity contribution in [2.45, 2.75) is 58.4 Å². The number of rotatable bonds is 3. The van der Waals surface area contributed by atoms with E-state index in [1.54, 1.807) is 0 Å². The van der Waals surface area contributed by atoms with E-state index in [0.717, 1.165) is 12.3 Å². The summed E-state index contributed by atoms with van der Waals surface area (Å²) in [5.74, 6) is 0.755. The molecule has 0 aromatic heterocycles. The maximum Gasteiger partial charge on any atom is 0.0108 e. The molecule has 0 bridgehead atoms. The normalized spacial score (nSPS) is 19.2. The van der Waals surface area contributed by atoms with Gasteiger partial charge in [0.15, 0.2) is 0 Å². The molecule has 17 heavy (non-hydrogen) atoms. The van der Waals surface area contributed by atoms with Crippen molar-refractivity contribution in [3.63, 3.8) is 0 Å². The Balaban J connectivity index is 1.96. The highest BCUT2D eigenvalue weighted by Crippen LogP contribution is 2.27. The van der Waals surface area contributed by atoms with Crippen molar-refractivity contribution >= 4 is 0 Å². The highest BCUT2D eigenvalue weighted by Gasteiger charge is 2.20. The van der Waals surface area contributed by atoms with Crippen LogP contribution >= 0.6 is 0 Å². The summed E-state index contributed by atoms with van der Waals surface area (Å²) >= 11 is 0. The standard InChI is InChI=1S/C16H25N/c1-12-8-9-14(10-13(12)2)11-16(17)15-6-4-3-5-7-15/h8-10,15-16H,3-7,11,17H2,1-2H3. The van der Waals surface area contributed by atoms with E-state index in [0.29, 0.717) is 6.04 Å². The Labute approximate surface area is 105 Å². The SMILES string of the molecule is Cc1ccc(CC(N)C2CCCCC2)cc1C. The lowest BCUT2D eigenvalue weighted by molar-refractivity contribution is 0.303. The monoisotopic (exact) mass is 231 g/mol. The molecule has 0 radical (unpaired) electrons. The van der Waals surface area contributed by atoms with Gasteiger partial charge in [-0.25, -0.2) is 0 Å². The van der Waals surface area contributed by atoms with Gasteiger partial charge in [-0.1, -0.05) is 37.5 Å². The van der Waals surface area contributed by atoms with Crippen LogP contribution in [0.25, 0.3) is 0 Å². The van der Waals surface area contributed by atoms with Gasteiger partial charge in [0.25, 0.3) is 0 Å². The molecule has 1 fully saturated rings. The lowest BCUT2D eigenvalue weighted by Crippen LogP contribution is -2.33. The maximum absolute atomic E-state index is 6.37. The maximum atomic E-state index is 6.37. The lowest BCUT2D eigenvalue weighted by Gasteiger charge is -2.27. The zero-order valence-electron chi connectivity index (χ0n) is 11.2. The zero-order valence-corrected chi connectivity index (χ0v) is 11.2. The third-order valence-corrected chi connectivity index (χ3v) is 4.30. The second-order valence-electron chi connectivity index (χ2n) is 5.68. The van der Waals surface area contributed by atoms with Crippen LogP contribution in [0.15, 0.2) is 18.2 Å². The van der Waals surface area contributed by atoms with Crippen LogP contribution in [0.3, 0.4) is 0 Å². The average molecular weight is 231 g/mol. The van der Waals surface area contributed by atoms with Crippen LogP contribution in [0, 0.1) is 19.8 Å². The quantitative estimate of drug-likeness (QED) is 0.842. The molecule has 1 aromatic carbocycles. The molecule has 1 nitrogen and oxygen atoms in total. The van der Waals surface area contributed by atoms with Gasteiger partial charge in [0.05, 0.1) is 0 Å². The Kier molecular flexibility index (Phi) is 4.22. The van der Waals surface area contributed by atoms with E-state index in [-0.39, 0.29) is 0 Å². The van der Waals surface area contributed by atoms with Gasteiger partial charge in [-0.05, 0) is 55.7 Å². The third kappa shape index (κ3) is 3.32. The largest absolute Gasteiger partial charge is 0.327 e. The van der Waals surface area contributed by atoms with Gasteiger partial charge in [0, 0.05) is 6.04 Å². The van der Waals surface area contributed by atoms with Gasteiger partial charge in [-0.2, -0.15) is 0 Å². The predicted octanol–water partition coefficient (Wildman–Crippen LogP) is 3.75. The predicted molar refractivity (Wildman–Crippen MR) is 74.2 cm³/mol. The van der Waals surface area contributed by atoms with E-state index in [9.17, 15) is 0 Å². The molecule has 0 saturated heterocycles. The molecular formula is C16H25N. The Morgan fingerprint density at radius 3 is 2.47 bits per heavy atom. The molecule has 1 saturated carbocycles. The Morgan fingerprint density at radius 2 is 1.82 bits per heavy atom. The highest BCUT2D eigenvalue weighted by atomic mass is 14.6. The summed E-state index contributed by atoms with van der Waals surface area (Å²) in [4.78, 5) is 0. The Hall–Kier alpha value is -0.820. The lowest BCUT2D eigenvalue weighted by atomic mass is 9.82. The van der Waals surface area contributed by atoms with E-state index in [1.165, 1.54) is 48.8 Å². The Morgan fingerprint density at radius 1 is 1.12 bits per heavy atom. The fourth-order valence-corrected chi connectivity index (χ4v) is 2.93. The minimum Gasteiger partial charge on any atom is -0.327 e. The summed E-state index contributed by atoms with van der Waals surface area (Å²) in [5, 5.41) is 0. The topological polar surface area (TPSA) is 26.0 Å². The van der Waals surface area contributed by atoms with Crippen molar-refractivity contribution in [2.24, 2.45) is 11.7 Å². The van der Waals surface area contributed by atoms with E-state index in [1.807, 2.05) is 0 Å². The fraction of sp³-hybridized carbons (Fsp3) is 0.625. The van der Waals surface area contributed by atoms with Crippen molar-refractivity contribution in [3.8, 4) is 0 Å². The first kappa shape index (κ1) is 12.6. The van der Waals surface area contributed by atoms with Gasteiger partial charge in [0.1, 0.15) is 0 Å². The minimum absolute atomic E-state index is 0.359. The molecule has 1 aromatic rings. The second-order valence-corrected chi connectivity index (χ2v) is 5.68. The van der Waals surface area contributed by atoms with Crippen LogP contribution in [-0.2, 0) is 6.42 Å². The Bertz CT molecular complexity index is 364. The average Bonchev–Trinajstić information content (AvgIpc) is 2.35. The first-order valence-corrected chi connectivity index (χ1v) is 6.98. The van der Waals surface area contributed by atoms with E-state index < -0.39 is 0 Å². The highest BCUT2D eigenvalue weighted by molar-refractivity contribution is 5.30. The van der Waals surface area contributed by atoms with Crippen molar-refractivity contribution in [1.82, 2.24) is 0 Å². The van der Waals surface area contributed by atoms with Crippen molar-refractivity contribution in [2.75, 3.05) is 0 Å². The molecule has 1 aliphatic rings. The first-order chi connectivity index (χ1) is 8.16. The molecule has 1 heteroatoms. The molecule has 0 aliphatic heterocycles. The molecular weight excluding hydrogens is 206 g/mol. The fourth-order valence-electron chi connectivity index (χ4n) is 2.93.